The van der Waals surface area contributed by atoms with E-state index in [4.69, 9.17) is 4.98 Å². The van der Waals surface area contributed by atoms with Crippen LogP contribution in [0.2, 0.25) is 0 Å². The van der Waals surface area contributed by atoms with Crippen molar-refractivity contribution in [1.82, 2.24) is 19.6 Å². The summed E-state index contributed by atoms with van der Waals surface area (Å²) in [5.74, 6) is 0. The van der Waals surface area contributed by atoms with Crippen molar-refractivity contribution in [2.45, 2.75) is 32.5 Å². The molecule has 0 radical (unpaired) electrons. The minimum absolute atomic E-state index is 0.538. The molecule has 3 aromatic rings. The molecule has 1 saturated heterocycles. The number of nitrogens with zero attached hydrogens (tertiary/aromatic N) is 3. The molecule has 3 heterocycles. The molecular formula is C22H25F3N4. The van der Waals surface area contributed by atoms with Crippen molar-refractivity contribution in [3.8, 4) is 11.3 Å². The molecule has 1 aliphatic rings. The zero-order chi connectivity index (χ0) is 20.4. The van der Waals surface area contributed by atoms with Gasteiger partial charge in [0, 0.05) is 31.4 Å². The summed E-state index contributed by atoms with van der Waals surface area (Å²) in [6.07, 6.45) is -1.25. The predicted molar refractivity (Wildman–Crippen MR) is 108 cm³/mol. The monoisotopic (exact) mass is 402 g/mol. The van der Waals surface area contributed by atoms with E-state index in [0.717, 1.165) is 62.0 Å². The topological polar surface area (TPSA) is 32.6 Å². The molecule has 1 aliphatic heterocycles. The van der Waals surface area contributed by atoms with Gasteiger partial charge in [0.2, 0.25) is 0 Å². The number of benzene rings is 1. The summed E-state index contributed by atoms with van der Waals surface area (Å²) in [6, 6.07) is 10.7. The molecule has 0 aliphatic carbocycles. The summed E-state index contributed by atoms with van der Waals surface area (Å²) in [7, 11) is 0. The molecule has 0 spiro atoms. The molecule has 7 heteroatoms. The predicted octanol–water partition coefficient (Wildman–Crippen LogP) is 4.38. The molecule has 0 unspecified atom stereocenters. The van der Waals surface area contributed by atoms with Crippen LogP contribution < -0.4 is 5.32 Å². The molecule has 0 bridgehead atoms. The van der Waals surface area contributed by atoms with Crippen molar-refractivity contribution in [1.29, 1.82) is 0 Å². The van der Waals surface area contributed by atoms with Gasteiger partial charge in [-0.3, -0.25) is 4.90 Å². The van der Waals surface area contributed by atoms with Gasteiger partial charge in [-0.15, -0.1) is 0 Å². The average molecular weight is 402 g/mol. The lowest BCUT2D eigenvalue weighted by Gasteiger charge is -2.20. The van der Waals surface area contributed by atoms with Crippen molar-refractivity contribution in [2.75, 3.05) is 26.2 Å². The molecule has 29 heavy (non-hydrogen) atoms. The number of pyridine rings is 1. The Balaban J connectivity index is 1.81. The van der Waals surface area contributed by atoms with Gasteiger partial charge in [0.25, 0.3) is 0 Å². The lowest BCUT2D eigenvalue weighted by molar-refractivity contribution is -0.137. The van der Waals surface area contributed by atoms with Gasteiger partial charge in [0.15, 0.2) is 0 Å². The second kappa shape index (κ2) is 8.16. The van der Waals surface area contributed by atoms with E-state index in [1.54, 1.807) is 4.40 Å². The van der Waals surface area contributed by atoms with Gasteiger partial charge < -0.3 is 9.72 Å². The van der Waals surface area contributed by atoms with E-state index in [0.29, 0.717) is 12.2 Å². The van der Waals surface area contributed by atoms with E-state index >= 15 is 0 Å². The first-order chi connectivity index (χ1) is 14.0. The Morgan fingerprint density at radius 1 is 1.03 bits per heavy atom. The molecule has 4 rings (SSSR count). The number of halogens is 3. The highest BCUT2D eigenvalue weighted by Crippen LogP contribution is 2.32. The fourth-order valence-electron chi connectivity index (χ4n) is 3.81. The SMILES string of the molecule is CCc1ccc(-c2nc3ccc(C(F)(F)F)cn3c2CN2CCCNCC2)cc1. The van der Waals surface area contributed by atoms with Gasteiger partial charge in [-0.2, -0.15) is 13.2 Å². The fourth-order valence-corrected chi connectivity index (χ4v) is 3.81. The summed E-state index contributed by atoms with van der Waals surface area (Å²) in [4.78, 5) is 6.99. The molecule has 2 aromatic heterocycles. The average Bonchev–Trinajstić information content (AvgIpc) is 2.87. The normalized spacial score (nSPS) is 16.3. The van der Waals surface area contributed by atoms with Crippen LogP contribution in [0.25, 0.3) is 16.9 Å². The van der Waals surface area contributed by atoms with E-state index < -0.39 is 11.7 Å². The molecule has 1 aromatic carbocycles. The second-order valence-electron chi connectivity index (χ2n) is 7.48. The highest BCUT2D eigenvalue weighted by atomic mass is 19.4. The Morgan fingerprint density at radius 3 is 2.55 bits per heavy atom. The highest BCUT2D eigenvalue weighted by molar-refractivity contribution is 5.67. The molecule has 1 N–H and O–H groups in total. The van der Waals surface area contributed by atoms with E-state index in [1.807, 2.05) is 12.1 Å². The summed E-state index contributed by atoms with van der Waals surface area (Å²) >= 11 is 0. The number of fused-ring (bicyclic) bond motifs is 1. The quantitative estimate of drug-likeness (QED) is 0.703. The zero-order valence-corrected chi connectivity index (χ0v) is 16.5. The van der Waals surface area contributed by atoms with Crippen molar-refractivity contribution in [3.05, 3.63) is 59.4 Å². The van der Waals surface area contributed by atoms with Crippen molar-refractivity contribution < 1.29 is 13.2 Å². The van der Waals surface area contributed by atoms with Crippen LogP contribution in [0.4, 0.5) is 13.2 Å². The van der Waals surface area contributed by atoms with Gasteiger partial charge in [-0.05, 0) is 43.6 Å². The van der Waals surface area contributed by atoms with E-state index in [2.05, 4.69) is 29.3 Å². The third kappa shape index (κ3) is 4.31. The van der Waals surface area contributed by atoms with E-state index in [-0.39, 0.29) is 0 Å². The third-order valence-corrected chi connectivity index (χ3v) is 5.49. The molecule has 0 atom stereocenters. The first kappa shape index (κ1) is 19.9. The van der Waals surface area contributed by atoms with Crippen LogP contribution in [-0.4, -0.2) is 40.5 Å². The lowest BCUT2D eigenvalue weighted by Crippen LogP contribution is -2.28. The molecular weight excluding hydrogens is 377 g/mol. The fraction of sp³-hybridized carbons (Fsp3) is 0.409. The first-order valence-electron chi connectivity index (χ1n) is 10.1. The number of nitrogens with one attached hydrogen (secondary N) is 1. The Bertz CT molecular complexity index is 968. The molecule has 1 fully saturated rings. The number of aryl methyl sites for hydroxylation is 1. The minimum atomic E-state index is -4.38. The maximum absolute atomic E-state index is 13.3. The van der Waals surface area contributed by atoms with Crippen LogP contribution in [-0.2, 0) is 19.1 Å². The van der Waals surface area contributed by atoms with Crippen LogP contribution in [0, 0.1) is 0 Å². The number of imidazole rings is 1. The smallest absolute Gasteiger partial charge is 0.315 e. The Kier molecular flexibility index (Phi) is 5.61. The Labute approximate surface area is 168 Å². The summed E-state index contributed by atoms with van der Waals surface area (Å²) in [6.45, 7) is 6.28. The number of alkyl halides is 3. The Hall–Kier alpha value is -2.38. The highest BCUT2D eigenvalue weighted by Gasteiger charge is 2.31. The van der Waals surface area contributed by atoms with Gasteiger partial charge in [-0.25, -0.2) is 4.98 Å². The van der Waals surface area contributed by atoms with E-state index in [9.17, 15) is 13.2 Å². The van der Waals surface area contributed by atoms with Crippen molar-refractivity contribution in [3.63, 3.8) is 0 Å². The summed E-state index contributed by atoms with van der Waals surface area (Å²) in [5.41, 5.74) is 3.59. The first-order valence-corrected chi connectivity index (χ1v) is 10.1. The summed E-state index contributed by atoms with van der Waals surface area (Å²) < 4.78 is 41.6. The standard InChI is InChI=1S/C22H25F3N4/c1-2-16-4-6-17(7-5-16)21-19(15-28-12-3-10-26-11-13-28)29-14-18(22(23,24)25)8-9-20(29)27-21/h4-9,14,26H,2-3,10-13,15H2,1H3. The van der Waals surface area contributed by atoms with Gasteiger partial charge in [-0.1, -0.05) is 31.2 Å². The number of hydrogen-bond acceptors (Lipinski definition) is 3. The molecule has 4 nitrogen and oxygen atoms in total. The maximum Gasteiger partial charge on any atom is 0.417 e. The Morgan fingerprint density at radius 2 is 1.83 bits per heavy atom. The van der Waals surface area contributed by atoms with Gasteiger partial charge in [0.05, 0.1) is 17.0 Å². The van der Waals surface area contributed by atoms with Gasteiger partial charge >= 0.3 is 6.18 Å². The number of rotatable bonds is 4. The molecule has 0 saturated carbocycles. The van der Waals surface area contributed by atoms with Crippen LogP contribution in [0.5, 0.6) is 0 Å². The van der Waals surface area contributed by atoms with Crippen molar-refractivity contribution in [2.24, 2.45) is 0 Å². The molecule has 0 amide bonds. The third-order valence-electron chi connectivity index (χ3n) is 5.49. The lowest BCUT2D eigenvalue weighted by atomic mass is 10.1. The largest absolute Gasteiger partial charge is 0.417 e. The van der Waals surface area contributed by atoms with Crippen molar-refractivity contribution >= 4 is 5.65 Å². The minimum Gasteiger partial charge on any atom is -0.315 e. The van der Waals surface area contributed by atoms with Crippen LogP contribution in [0.1, 0.15) is 30.2 Å². The van der Waals surface area contributed by atoms with E-state index in [1.165, 1.54) is 17.8 Å². The molecule has 154 valence electrons. The van der Waals surface area contributed by atoms with Crippen LogP contribution in [0.15, 0.2) is 42.6 Å². The summed E-state index contributed by atoms with van der Waals surface area (Å²) in [5, 5.41) is 3.37. The number of aromatic nitrogens is 2. The van der Waals surface area contributed by atoms with Gasteiger partial charge in [0.1, 0.15) is 5.65 Å². The number of hydrogen-bond donors (Lipinski definition) is 1. The zero-order valence-electron chi connectivity index (χ0n) is 16.5. The van der Waals surface area contributed by atoms with Crippen LogP contribution in [0.3, 0.4) is 0 Å². The second-order valence-corrected chi connectivity index (χ2v) is 7.48. The van der Waals surface area contributed by atoms with Crippen LogP contribution >= 0.6 is 0 Å². The maximum atomic E-state index is 13.3.